The Bertz CT molecular complexity index is 686. The van der Waals surface area contributed by atoms with Crippen molar-refractivity contribution in [2.24, 2.45) is 0 Å². The first-order valence-electron chi connectivity index (χ1n) is 6.92. The lowest BCUT2D eigenvalue weighted by molar-refractivity contribution is -0.137. The lowest BCUT2D eigenvalue weighted by Gasteiger charge is -2.25. The number of nitrogens with one attached hydrogen (secondary N) is 2. The highest BCUT2D eigenvalue weighted by atomic mass is 16.4. The van der Waals surface area contributed by atoms with Gasteiger partial charge in [0.15, 0.2) is 0 Å². The normalized spacial score (nSPS) is 11.6. The van der Waals surface area contributed by atoms with Gasteiger partial charge in [0.1, 0.15) is 0 Å². The van der Waals surface area contributed by atoms with Crippen LogP contribution in [0.5, 0.6) is 0 Å². The summed E-state index contributed by atoms with van der Waals surface area (Å²) >= 11 is 0. The third-order valence-electron chi connectivity index (χ3n) is 3.54. The van der Waals surface area contributed by atoms with Crippen LogP contribution in [0.4, 0.5) is 0 Å². The smallest absolute Gasteiger partial charge is 0.303 e. The Morgan fingerprint density at radius 2 is 1.95 bits per heavy atom. The number of carboxylic acids is 1. The van der Waals surface area contributed by atoms with E-state index < -0.39 is 11.5 Å². The van der Waals surface area contributed by atoms with Gasteiger partial charge in [-0.1, -0.05) is 18.2 Å². The second-order valence-electron chi connectivity index (χ2n) is 5.90. The van der Waals surface area contributed by atoms with Gasteiger partial charge in [0.05, 0.1) is 5.56 Å². The monoisotopic (exact) mass is 288 g/mol. The molecule has 0 aliphatic rings. The van der Waals surface area contributed by atoms with Crippen molar-refractivity contribution in [2.45, 2.75) is 39.2 Å². The SMILES string of the molecule is Cc1[nH]c2ccccc2c1C(=O)NC(C)(C)CCC(=O)O. The number of rotatable bonds is 5. The van der Waals surface area contributed by atoms with Crippen LogP contribution < -0.4 is 5.32 Å². The highest BCUT2D eigenvalue weighted by Gasteiger charge is 2.24. The number of fused-ring (bicyclic) bond motifs is 1. The summed E-state index contributed by atoms with van der Waals surface area (Å²) in [4.78, 5) is 26.4. The first kappa shape index (κ1) is 15.1. The average molecular weight is 288 g/mol. The van der Waals surface area contributed by atoms with E-state index >= 15 is 0 Å². The Kier molecular flexibility index (Phi) is 4.02. The topological polar surface area (TPSA) is 82.2 Å². The molecule has 0 atom stereocenters. The predicted molar refractivity (Wildman–Crippen MR) is 81.5 cm³/mol. The fourth-order valence-corrected chi connectivity index (χ4v) is 2.42. The Morgan fingerprint density at radius 3 is 2.62 bits per heavy atom. The van der Waals surface area contributed by atoms with E-state index in [2.05, 4.69) is 10.3 Å². The van der Waals surface area contributed by atoms with E-state index in [1.54, 1.807) is 0 Å². The van der Waals surface area contributed by atoms with Crippen molar-refractivity contribution in [2.75, 3.05) is 0 Å². The number of benzene rings is 1. The second-order valence-corrected chi connectivity index (χ2v) is 5.90. The molecule has 0 saturated carbocycles. The molecule has 1 heterocycles. The number of para-hydroxylation sites is 1. The standard InChI is InChI=1S/C16H20N2O3/c1-10-14(11-6-4-5-7-12(11)17-10)15(21)18-16(2,3)9-8-13(19)20/h4-7,17H,8-9H2,1-3H3,(H,18,21)(H,19,20). The van der Waals surface area contributed by atoms with Crippen LogP contribution in [-0.4, -0.2) is 27.5 Å². The molecule has 1 amide bonds. The van der Waals surface area contributed by atoms with Gasteiger partial charge in [-0.3, -0.25) is 9.59 Å². The molecule has 0 aliphatic heterocycles. The third-order valence-corrected chi connectivity index (χ3v) is 3.54. The lowest BCUT2D eigenvalue weighted by atomic mass is 9.97. The highest BCUT2D eigenvalue weighted by molar-refractivity contribution is 6.08. The number of carbonyl (C=O) groups excluding carboxylic acids is 1. The predicted octanol–water partition coefficient (Wildman–Crippen LogP) is 2.85. The Morgan fingerprint density at radius 1 is 1.29 bits per heavy atom. The van der Waals surface area contributed by atoms with Crippen LogP contribution >= 0.6 is 0 Å². The number of hydrogen-bond acceptors (Lipinski definition) is 2. The number of carboxylic acid groups (broad SMARTS) is 1. The maximum absolute atomic E-state index is 12.5. The average Bonchev–Trinajstić information content (AvgIpc) is 2.72. The zero-order valence-electron chi connectivity index (χ0n) is 12.5. The van der Waals surface area contributed by atoms with Crippen LogP contribution in [0.3, 0.4) is 0 Å². The van der Waals surface area contributed by atoms with E-state index in [4.69, 9.17) is 5.11 Å². The van der Waals surface area contributed by atoms with Crippen molar-refractivity contribution >= 4 is 22.8 Å². The molecular weight excluding hydrogens is 268 g/mol. The Hall–Kier alpha value is -2.30. The molecular formula is C16H20N2O3. The number of hydrogen-bond donors (Lipinski definition) is 3. The Balaban J connectivity index is 2.22. The zero-order chi connectivity index (χ0) is 15.6. The fourth-order valence-electron chi connectivity index (χ4n) is 2.42. The molecule has 3 N–H and O–H groups in total. The first-order chi connectivity index (χ1) is 9.80. The molecule has 0 unspecified atom stereocenters. The summed E-state index contributed by atoms with van der Waals surface area (Å²) in [6, 6.07) is 7.63. The van der Waals surface area contributed by atoms with Crippen molar-refractivity contribution in [3.8, 4) is 0 Å². The highest BCUT2D eigenvalue weighted by Crippen LogP contribution is 2.23. The van der Waals surface area contributed by atoms with Gasteiger partial charge >= 0.3 is 5.97 Å². The maximum atomic E-state index is 12.5. The van der Waals surface area contributed by atoms with Gasteiger partial charge in [-0.15, -0.1) is 0 Å². The van der Waals surface area contributed by atoms with Gasteiger partial charge in [-0.05, 0) is 33.3 Å². The molecule has 1 aromatic carbocycles. The lowest BCUT2D eigenvalue weighted by Crippen LogP contribution is -2.43. The van der Waals surface area contributed by atoms with E-state index in [-0.39, 0.29) is 12.3 Å². The van der Waals surface area contributed by atoms with Crippen molar-refractivity contribution in [3.63, 3.8) is 0 Å². The summed E-state index contributed by atoms with van der Waals surface area (Å²) in [5.41, 5.74) is 1.78. The summed E-state index contributed by atoms with van der Waals surface area (Å²) < 4.78 is 0. The van der Waals surface area contributed by atoms with Gasteiger partial charge in [0.2, 0.25) is 0 Å². The number of aliphatic carboxylic acids is 1. The van der Waals surface area contributed by atoms with Crippen molar-refractivity contribution in [3.05, 3.63) is 35.5 Å². The number of carbonyl (C=O) groups is 2. The fraction of sp³-hybridized carbons (Fsp3) is 0.375. The number of H-pyrrole nitrogens is 1. The number of aromatic amines is 1. The summed E-state index contributed by atoms with van der Waals surface area (Å²) in [6.07, 6.45) is 0.412. The van der Waals surface area contributed by atoms with Crippen molar-refractivity contribution in [1.29, 1.82) is 0 Å². The molecule has 0 radical (unpaired) electrons. The number of amides is 1. The van der Waals surface area contributed by atoms with Crippen LogP contribution in [0.15, 0.2) is 24.3 Å². The van der Waals surface area contributed by atoms with E-state index in [0.29, 0.717) is 12.0 Å². The van der Waals surface area contributed by atoms with Gasteiger partial charge in [-0.25, -0.2) is 0 Å². The van der Waals surface area contributed by atoms with E-state index in [0.717, 1.165) is 16.6 Å². The molecule has 1 aromatic heterocycles. The van der Waals surface area contributed by atoms with E-state index in [1.165, 1.54) is 0 Å². The molecule has 0 aliphatic carbocycles. The van der Waals surface area contributed by atoms with E-state index in [1.807, 2.05) is 45.0 Å². The number of aryl methyl sites for hydroxylation is 1. The minimum atomic E-state index is -0.861. The van der Waals surface area contributed by atoms with Gasteiger partial charge in [0.25, 0.3) is 5.91 Å². The quantitative estimate of drug-likeness (QED) is 0.791. The molecule has 2 aromatic rings. The van der Waals surface area contributed by atoms with Crippen LogP contribution in [-0.2, 0) is 4.79 Å². The van der Waals surface area contributed by atoms with Crippen LogP contribution in [0.2, 0.25) is 0 Å². The van der Waals surface area contributed by atoms with Gasteiger partial charge < -0.3 is 15.4 Å². The minimum Gasteiger partial charge on any atom is -0.481 e. The largest absolute Gasteiger partial charge is 0.481 e. The summed E-state index contributed by atoms with van der Waals surface area (Å²) in [7, 11) is 0. The molecule has 2 rings (SSSR count). The van der Waals surface area contributed by atoms with Gasteiger partial charge in [-0.2, -0.15) is 0 Å². The van der Waals surface area contributed by atoms with Crippen molar-refractivity contribution < 1.29 is 14.7 Å². The molecule has 0 bridgehead atoms. The minimum absolute atomic E-state index is 0.0279. The van der Waals surface area contributed by atoms with Crippen LogP contribution in [0.1, 0.15) is 42.7 Å². The molecule has 112 valence electrons. The molecule has 0 spiro atoms. The molecule has 21 heavy (non-hydrogen) atoms. The van der Waals surface area contributed by atoms with Crippen molar-refractivity contribution in [1.82, 2.24) is 10.3 Å². The van der Waals surface area contributed by atoms with Crippen LogP contribution in [0.25, 0.3) is 10.9 Å². The zero-order valence-corrected chi connectivity index (χ0v) is 12.5. The first-order valence-corrected chi connectivity index (χ1v) is 6.92. The molecule has 5 nitrogen and oxygen atoms in total. The third kappa shape index (κ3) is 3.42. The van der Waals surface area contributed by atoms with Crippen LogP contribution in [0, 0.1) is 6.92 Å². The summed E-state index contributed by atoms with van der Waals surface area (Å²) in [5.74, 6) is -1.04. The summed E-state index contributed by atoms with van der Waals surface area (Å²) in [5, 5.41) is 12.6. The Labute approximate surface area is 123 Å². The molecule has 5 heteroatoms. The number of aromatic nitrogens is 1. The second kappa shape index (κ2) is 5.60. The van der Waals surface area contributed by atoms with Gasteiger partial charge in [0, 0.05) is 28.6 Å². The van der Waals surface area contributed by atoms with E-state index in [9.17, 15) is 9.59 Å². The summed E-state index contributed by atoms with van der Waals surface area (Å²) in [6.45, 7) is 5.52. The molecule has 0 fully saturated rings. The molecule has 0 saturated heterocycles. The maximum Gasteiger partial charge on any atom is 0.303 e.